The molecule has 0 bridgehead atoms. The summed E-state index contributed by atoms with van der Waals surface area (Å²) in [6.07, 6.45) is 0. The van der Waals surface area contributed by atoms with E-state index in [9.17, 15) is 4.79 Å². The first-order chi connectivity index (χ1) is 10.5. The molecule has 1 aromatic carbocycles. The summed E-state index contributed by atoms with van der Waals surface area (Å²) in [6.45, 7) is 5.10. The van der Waals surface area contributed by atoms with Crippen molar-refractivity contribution in [1.82, 2.24) is 10.2 Å². The normalized spacial score (nSPS) is 13.5. The number of ether oxygens (including phenoxy) is 2. The van der Waals surface area contributed by atoms with E-state index in [4.69, 9.17) is 14.6 Å². The number of fused-ring (bicyclic) bond motifs is 1. The molecule has 6 nitrogen and oxygen atoms in total. The molecule has 1 aliphatic rings. The predicted octanol–water partition coefficient (Wildman–Crippen LogP) is 3.43. The average molecular weight is 367 g/mol. The Morgan fingerprint density at radius 3 is 2.59 bits per heavy atom. The third kappa shape index (κ3) is 2.45. The van der Waals surface area contributed by atoms with Gasteiger partial charge in [-0.2, -0.15) is 5.10 Å². The van der Waals surface area contributed by atoms with Crippen LogP contribution in [0, 0.1) is 0 Å². The van der Waals surface area contributed by atoms with E-state index < -0.39 is 5.97 Å². The summed E-state index contributed by atoms with van der Waals surface area (Å²) in [5.74, 6) is 0.517. The Morgan fingerprint density at radius 1 is 1.32 bits per heavy atom. The number of halogens is 1. The summed E-state index contributed by atoms with van der Waals surface area (Å²) in [5.41, 5.74) is 2.41. The molecule has 0 fully saturated rings. The van der Waals surface area contributed by atoms with Crippen molar-refractivity contribution in [1.29, 1.82) is 0 Å². The van der Waals surface area contributed by atoms with Crippen LogP contribution in [-0.4, -0.2) is 34.5 Å². The SMILES string of the molecule is CC(C)c1c(-c2cc(C(=O)O)[nH]n2)cc(Br)c2c1OCCO2. The number of nitrogens with zero attached hydrogens (tertiary/aromatic N) is 1. The number of aromatic amines is 1. The zero-order valence-corrected chi connectivity index (χ0v) is 13.7. The smallest absolute Gasteiger partial charge is 0.353 e. The second-order valence-electron chi connectivity index (χ2n) is 5.30. The number of H-pyrrole nitrogens is 1. The Bertz CT molecular complexity index is 739. The lowest BCUT2D eigenvalue weighted by Crippen LogP contribution is -2.18. The Kier molecular flexibility index (Phi) is 3.82. The Hall–Kier alpha value is -2.02. The maximum atomic E-state index is 11.0. The number of hydrogen-bond acceptors (Lipinski definition) is 4. The summed E-state index contributed by atoms with van der Waals surface area (Å²) in [4.78, 5) is 11.0. The quantitative estimate of drug-likeness (QED) is 0.868. The molecule has 0 saturated carbocycles. The number of rotatable bonds is 3. The summed E-state index contributed by atoms with van der Waals surface area (Å²) < 4.78 is 12.3. The minimum Gasteiger partial charge on any atom is -0.486 e. The zero-order chi connectivity index (χ0) is 15.9. The van der Waals surface area contributed by atoms with E-state index >= 15 is 0 Å². The number of nitrogens with one attached hydrogen (secondary N) is 1. The number of carboxylic acids is 1. The topological polar surface area (TPSA) is 84.4 Å². The van der Waals surface area contributed by atoms with Crippen molar-refractivity contribution >= 4 is 21.9 Å². The van der Waals surface area contributed by atoms with Crippen LogP contribution < -0.4 is 9.47 Å². The van der Waals surface area contributed by atoms with Gasteiger partial charge in [0.2, 0.25) is 0 Å². The van der Waals surface area contributed by atoms with Crippen LogP contribution in [0.2, 0.25) is 0 Å². The molecule has 0 radical (unpaired) electrons. The number of carbonyl (C=O) groups is 1. The van der Waals surface area contributed by atoms with Gasteiger partial charge in [-0.15, -0.1) is 0 Å². The molecule has 0 amide bonds. The molecule has 116 valence electrons. The third-order valence-electron chi connectivity index (χ3n) is 3.47. The molecule has 7 heteroatoms. The number of hydrogen-bond donors (Lipinski definition) is 2. The minimum atomic E-state index is -1.04. The first-order valence-corrected chi connectivity index (χ1v) is 7.69. The molecule has 0 atom stereocenters. The molecular formula is C15H15BrN2O4. The van der Waals surface area contributed by atoms with Crippen molar-refractivity contribution in [3.8, 4) is 22.8 Å². The van der Waals surface area contributed by atoms with Gasteiger partial charge < -0.3 is 14.6 Å². The molecule has 0 aliphatic carbocycles. The lowest BCUT2D eigenvalue weighted by atomic mass is 9.93. The first kappa shape index (κ1) is 14.9. The number of benzene rings is 1. The van der Waals surface area contributed by atoms with Gasteiger partial charge in [0.1, 0.15) is 18.9 Å². The summed E-state index contributed by atoms with van der Waals surface area (Å²) >= 11 is 3.49. The van der Waals surface area contributed by atoms with Gasteiger partial charge in [0, 0.05) is 11.1 Å². The molecule has 22 heavy (non-hydrogen) atoms. The van der Waals surface area contributed by atoms with E-state index in [1.54, 1.807) is 0 Å². The Labute approximate surface area is 135 Å². The summed E-state index contributed by atoms with van der Waals surface area (Å²) in [6, 6.07) is 3.41. The Morgan fingerprint density at radius 2 is 2.00 bits per heavy atom. The van der Waals surface area contributed by atoms with Gasteiger partial charge in [-0.25, -0.2) is 4.79 Å². The number of aromatic nitrogens is 2. The van der Waals surface area contributed by atoms with E-state index in [1.807, 2.05) is 6.07 Å². The van der Waals surface area contributed by atoms with Gasteiger partial charge in [-0.3, -0.25) is 5.10 Å². The predicted molar refractivity (Wildman–Crippen MR) is 83.8 cm³/mol. The number of aromatic carboxylic acids is 1. The monoisotopic (exact) mass is 366 g/mol. The van der Waals surface area contributed by atoms with Gasteiger partial charge in [0.15, 0.2) is 11.5 Å². The highest BCUT2D eigenvalue weighted by Crippen LogP contribution is 2.47. The first-order valence-electron chi connectivity index (χ1n) is 6.90. The molecule has 2 heterocycles. The summed E-state index contributed by atoms with van der Waals surface area (Å²) in [7, 11) is 0. The fourth-order valence-electron chi connectivity index (χ4n) is 2.54. The van der Waals surface area contributed by atoms with Gasteiger partial charge in [-0.1, -0.05) is 13.8 Å². The number of carboxylic acid groups (broad SMARTS) is 1. The van der Waals surface area contributed by atoms with Crippen LogP contribution in [0.25, 0.3) is 11.3 Å². The van der Waals surface area contributed by atoms with Crippen LogP contribution >= 0.6 is 15.9 Å². The molecular weight excluding hydrogens is 352 g/mol. The average Bonchev–Trinajstić information content (AvgIpc) is 2.96. The van der Waals surface area contributed by atoms with E-state index in [-0.39, 0.29) is 11.6 Å². The largest absolute Gasteiger partial charge is 0.486 e. The van der Waals surface area contributed by atoms with Gasteiger partial charge in [-0.05, 0) is 34.0 Å². The van der Waals surface area contributed by atoms with E-state index in [0.717, 1.165) is 15.6 Å². The zero-order valence-electron chi connectivity index (χ0n) is 12.1. The molecule has 2 aromatic rings. The van der Waals surface area contributed by atoms with Crippen LogP contribution in [0.3, 0.4) is 0 Å². The van der Waals surface area contributed by atoms with Gasteiger partial charge in [0.05, 0.1) is 10.2 Å². The van der Waals surface area contributed by atoms with E-state index in [1.165, 1.54) is 6.07 Å². The highest BCUT2D eigenvalue weighted by Gasteiger charge is 2.26. The van der Waals surface area contributed by atoms with Crippen molar-refractivity contribution in [3.63, 3.8) is 0 Å². The fraction of sp³-hybridized carbons (Fsp3) is 0.333. The van der Waals surface area contributed by atoms with E-state index in [0.29, 0.717) is 30.4 Å². The Balaban J connectivity index is 2.21. The van der Waals surface area contributed by atoms with Crippen LogP contribution in [0.4, 0.5) is 0 Å². The molecule has 3 rings (SSSR count). The lowest BCUT2D eigenvalue weighted by molar-refractivity contribution is 0.0690. The van der Waals surface area contributed by atoms with Crippen molar-refractivity contribution in [2.75, 3.05) is 13.2 Å². The molecule has 0 spiro atoms. The molecule has 2 N–H and O–H groups in total. The molecule has 0 saturated heterocycles. The highest BCUT2D eigenvalue weighted by molar-refractivity contribution is 9.10. The van der Waals surface area contributed by atoms with Crippen molar-refractivity contribution < 1.29 is 19.4 Å². The fourth-order valence-corrected chi connectivity index (χ4v) is 3.07. The maximum absolute atomic E-state index is 11.0. The minimum absolute atomic E-state index is 0.0516. The van der Waals surface area contributed by atoms with Crippen LogP contribution in [0.5, 0.6) is 11.5 Å². The van der Waals surface area contributed by atoms with Gasteiger partial charge in [0.25, 0.3) is 0 Å². The van der Waals surface area contributed by atoms with E-state index in [2.05, 4.69) is 40.0 Å². The molecule has 0 unspecified atom stereocenters. The molecule has 1 aliphatic heterocycles. The van der Waals surface area contributed by atoms with Gasteiger partial charge >= 0.3 is 5.97 Å². The van der Waals surface area contributed by atoms with Crippen LogP contribution in [-0.2, 0) is 0 Å². The summed E-state index contributed by atoms with van der Waals surface area (Å²) in [5, 5.41) is 15.7. The van der Waals surface area contributed by atoms with Crippen LogP contribution in [0.1, 0.15) is 35.8 Å². The lowest BCUT2D eigenvalue weighted by Gasteiger charge is -2.25. The van der Waals surface area contributed by atoms with Crippen LogP contribution in [0.15, 0.2) is 16.6 Å². The van der Waals surface area contributed by atoms with Crippen molar-refractivity contribution in [2.24, 2.45) is 0 Å². The second kappa shape index (κ2) is 5.64. The highest BCUT2D eigenvalue weighted by atomic mass is 79.9. The van der Waals surface area contributed by atoms with Crippen molar-refractivity contribution in [2.45, 2.75) is 19.8 Å². The van der Waals surface area contributed by atoms with Crippen molar-refractivity contribution in [3.05, 3.63) is 27.9 Å². The third-order valence-corrected chi connectivity index (χ3v) is 4.06. The standard InChI is InChI=1S/C15H15BrN2O4/c1-7(2)12-8(10-6-11(15(19)20)18-17-10)5-9(16)13-14(12)22-4-3-21-13/h5-7H,3-4H2,1-2H3,(H,17,18)(H,19,20). The maximum Gasteiger partial charge on any atom is 0.353 e. The second-order valence-corrected chi connectivity index (χ2v) is 6.16. The molecule has 1 aromatic heterocycles.